The number of aromatic nitrogens is 2. The van der Waals surface area contributed by atoms with Crippen molar-refractivity contribution >= 4 is 29.3 Å². The van der Waals surface area contributed by atoms with Gasteiger partial charge in [-0.2, -0.15) is 0 Å². The van der Waals surface area contributed by atoms with E-state index in [-0.39, 0.29) is 24.4 Å². The van der Waals surface area contributed by atoms with Crippen molar-refractivity contribution in [2.75, 3.05) is 13.1 Å². The predicted octanol–water partition coefficient (Wildman–Crippen LogP) is 1.79. The van der Waals surface area contributed by atoms with Crippen LogP contribution in [0.4, 0.5) is 0 Å². The Hall–Kier alpha value is -1.59. The molecule has 1 fully saturated rings. The van der Waals surface area contributed by atoms with Crippen LogP contribution in [-0.4, -0.2) is 35.0 Å². The maximum Gasteiger partial charge on any atom is 0.237 e. The van der Waals surface area contributed by atoms with Gasteiger partial charge in [-0.1, -0.05) is 12.1 Å². The summed E-state index contributed by atoms with van der Waals surface area (Å²) in [7, 11) is 0. The minimum atomic E-state index is 0. The summed E-state index contributed by atoms with van der Waals surface area (Å²) < 4.78 is 0. The summed E-state index contributed by atoms with van der Waals surface area (Å²) in [6.45, 7) is 1.66. The second kappa shape index (κ2) is 7.43. The Morgan fingerprint density at radius 3 is 3.00 bits per heavy atom. The van der Waals surface area contributed by atoms with Gasteiger partial charge in [0, 0.05) is 13.0 Å². The van der Waals surface area contributed by atoms with E-state index in [1.165, 1.54) is 0 Å². The van der Waals surface area contributed by atoms with Crippen LogP contribution in [-0.2, 0) is 11.2 Å². The van der Waals surface area contributed by atoms with Gasteiger partial charge in [0.15, 0.2) is 0 Å². The number of amides is 1. The van der Waals surface area contributed by atoms with Gasteiger partial charge in [0.1, 0.15) is 5.82 Å². The average Bonchev–Trinajstić information content (AvgIpc) is 3.11. The third-order valence-electron chi connectivity index (χ3n) is 3.70. The van der Waals surface area contributed by atoms with E-state index in [0.717, 1.165) is 49.1 Å². The number of nitrogens with one attached hydrogen (secondary N) is 3. The first-order valence-electron chi connectivity index (χ1n) is 7.27. The largest absolute Gasteiger partial charge is 0.355 e. The SMILES string of the molecule is Cl.O=C(NCCCc1nc2ccccc2[nH]1)C1CCCN1. The van der Waals surface area contributed by atoms with Crippen LogP contribution < -0.4 is 10.6 Å². The van der Waals surface area contributed by atoms with Gasteiger partial charge in [-0.15, -0.1) is 12.4 Å². The maximum absolute atomic E-state index is 11.8. The highest BCUT2D eigenvalue weighted by Gasteiger charge is 2.21. The molecule has 0 saturated carbocycles. The first-order valence-corrected chi connectivity index (χ1v) is 7.27. The van der Waals surface area contributed by atoms with E-state index >= 15 is 0 Å². The molecule has 6 heteroatoms. The minimum absolute atomic E-state index is 0. The Morgan fingerprint density at radius 1 is 1.38 bits per heavy atom. The van der Waals surface area contributed by atoms with Gasteiger partial charge >= 0.3 is 0 Å². The van der Waals surface area contributed by atoms with Crippen LogP contribution in [0.3, 0.4) is 0 Å². The molecule has 1 saturated heterocycles. The number of para-hydroxylation sites is 2. The van der Waals surface area contributed by atoms with Crippen LogP contribution in [0.2, 0.25) is 0 Å². The lowest BCUT2D eigenvalue weighted by atomic mass is 10.2. The highest BCUT2D eigenvalue weighted by molar-refractivity contribution is 5.85. The third kappa shape index (κ3) is 3.95. The monoisotopic (exact) mass is 308 g/mol. The van der Waals surface area contributed by atoms with Crippen LogP contribution >= 0.6 is 12.4 Å². The summed E-state index contributed by atoms with van der Waals surface area (Å²) in [5.74, 6) is 1.12. The number of hydrogen-bond acceptors (Lipinski definition) is 3. The van der Waals surface area contributed by atoms with E-state index < -0.39 is 0 Å². The molecule has 0 bridgehead atoms. The van der Waals surface area contributed by atoms with E-state index in [1.54, 1.807) is 0 Å². The number of aryl methyl sites for hydroxylation is 1. The Labute approximate surface area is 130 Å². The Kier molecular flexibility index (Phi) is 5.59. The molecule has 0 radical (unpaired) electrons. The molecule has 3 rings (SSSR count). The molecule has 114 valence electrons. The number of carbonyl (C=O) groups excluding carboxylic acids is 1. The molecular weight excluding hydrogens is 288 g/mol. The zero-order valence-corrected chi connectivity index (χ0v) is 12.7. The fraction of sp³-hybridized carbons (Fsp3) is 0.467. The van der Waals surface area contributed by atoms with Crippen LogP contribution in [0.15, 0.2) is 24.3 Å². The van der Waals surface area contributed by atoms with E-state index in [2.05, 4.69) is 20.6 Å². The second-order valence-electron chi connectivity index (χ2n) is 5.24. The van der Waals surface area contributed by atoms with E-state index in [4.69, 9.17) is 0 Å². The first kappa shape index (κ1) is 15.8. The van der Waals surface area contributed by atoms with Crippen molar-refractivity contribution in [3.63, 3.8) is 0 Å². The highest BCUT2D eigenvalue weighted by atomic mass is 35.5. The zero-order chi connectivity index (χ0) is 13.8. The molecule has 1 aliphatic rings. The van der Waals surface area contributed by atoms with Gasteiger partial charge in [0.25, 0.3) is 0 Å². The number of benzene rings is 1. The number of hydrogen-bond donors (Lipinski definition) is 3. The quantitative estimate of drug-likeness (QED) is 0.738. The Balaban J connectivity index is 0.00000161. The molecule has 5 nitrogen and oxygen atoms in total. The van der Waals surface area contributed by atoms with Crippen molar-refractivity contribution in [1.82, 2.24) is 20.6 Å². The van der Waals surface area contributed by atoms with Gasteiger partial charge in [0.2, 0.25) is 5.91 Å². The van der Waals surface area contributed by atoms with Crippen LogP contribution in [0.25, 0.3) is 11.0 Å². The molecule has 1 unspecified atom stereocenters. The fourth-order valence-corrected chi connectivity index (χ4v) is 2.62. The third-order valence-corrected chi connectivity index (χ3v) is 3.70. The van der Waals surface area contributed by atoms with E-state index in [9.17, 15) is 4.79 Å². The number of carbonyl (C=O) groups is 1. The van der Waals surface area contributed by atoms with Crippen molar-refractivity contribution in [3.8, 4) is 0 Å². The summed E-state index contributed by atoms with van der Waals surface area (Å²) >= 11 is 0. The predicted molar refractivity (Wildman–Crippen MR) is 85.7 cm³/mol. The molecule has 21 heavy (non-hydrogen) atoms. The lowest BCUT2D eigenvalue weighted by Crippen LogP contribution is -2.40. The van der Waals surface area contributed by atoms with Crippen LogP contribution in [0.5, 0.6) is 0 Å². The number of fused-ring (bicyclic) bond motifs is 1. The molecule has 0 aliphatic carbocycles. The summed E-state index contributed by atoms with van der Waals surface area (Å²) in [6.07, 6.45) is 3.80. The maximum atomic E-state index is 11.8. The molecule has 3 N–H and O–H groups in total. The highest BCUT2D eigenvalue weighted by Crippen LogP contribution is 2.11. The smallest absolute Gasteiger partial charge is 0.237 e. The van der Waals surface area contributed by atoms with Gasteiger partial charge in [-0.25, -0.2) is 4.98 Å². The molecule has 1 amide bonds. The summed E-state index contributed by atoms with van der Waals surface area (Å²) in [5, 5.41) is 6.19. The van der Waals surface area contributed by atoms with E-state index in [1.807, 2.05) is 24.3 Å². The van der Waals surface area contributed by atoms with Gasteiger partial charge in [0.05, 0.1) is 17.1 Å². The lowest BCUT2D eigenvalue weighted by Gasteiger charge is -2.10. The molecular formula is C15H21ClN4O. The fourth-order valence-electron chi connectivity index (χ4n) is 2.62. The second-order valence-corrected chi connectivity index (χ2v) is 5.24. The van der Waals surface area contributed by atoms with Crippen molar-refractivity contribution in [2.45, 2.75) is 31.7 Å². The number of H-pyrrole nitrogens is 1. The van der Waals surface area contributed by atoms with Gasteiger partial charge < -0.3 is 15.6 Å². The summed E-state index contributed by atoms with van der Waals surface area (Å²) in [5.41, 5.74) is 2.07. The number of nitrogens with zero attached hydrogens (tertiary/aromatic N) is 1. The minimum Gasteiger partial charge on any atom is -0.355 e. The molecule has 1 aromatic carbocycles. The van der Waals surface area contributed by atoms with E-state index in [0.29, 0.717) is 6.54 Å². The topological polar surface area (TPSA) is 69.8 Å². The van der Waals surface area contributed by atoms with Crippen molar-refractivity contribution in [3.05, 3.63) is 30.1 Å². The molecule has 2 aromatic rings. The summed E-state index contributed by atoms with van der Waals surface area (Å²) in [4.78, 5) is 19.6. The van der Waals surface area contributed by atoms with Crippen LogP contribution in [0.1, 0.15) is 25.1 Å². The van der Waals surface area contributed by atoms with Gasteiger partial charge in [-0.05, 0) is 37.9 Å². The molecule has 2 heterocycles. The zero-order valence-electron chi connectivity index (χ0n) is 11.9. The van der Waals surface area contributed by atoms with Crippen molar-refractivity contribution in [2.24, 2.45) is 0 Å². The van der Waals surface area contributed by atoms with Gasteiger partial charge in [-0.3, -0.25) is 4.79 Å². The number of imidazole rings is 1. The van der Waals surface area contributed by atoms with Crippen LogP contribution in [0, 0.1) is 0 Å². The Bertz CT molecular complexity index is 559. The Morgan fingerprint density at radius 2 is 2.24 bits per heavy atom. The summed E-state index contributed by atoms with van der Waals surface area (Å²) in [6, 6.07) is 8.03. The normalized spacial score (nSPS) is 17.6. The average molecular weight is 309 g/mol. The lowest BCUT2D eigenvalue weighted by molar-refractivity contribution is -0.122. The number of aromatic amines is 1. The molecule has 0 spiro atoms. The molecule has 1 aliphatic heterocycles. The number of halogens is 1. The first-order chi connectivity index (χ1) is 9.83. The standard InChI is InChI=1S/C15H20N4O.ClH/c20-15(13-7-3-9-16-13)17-10-4-8-14-18-11-5-1-2-6-12(11)19-14;/h1-2,5-6,13,16H,3-4,7-10H2,(H,17,20)(H,18,19);1H. The van der Waals surface area contributed by atoms with Crippen molar-refractivity contribution in [1.29, 1.82) is 0 Å². The molecule has 1 aromatic heterocycles. The number of rotatable bonds is 5. The molecule has 1 atom stereocenters. The van der Waals surface area contributed by atoms with Crippen molar-refractivity contribution < 1.29 is 4.79 Å².